The van der Waals surface area contributed by atoms with Crippen LogP contribution in [-0.2, 0) is 11.3 Å². The Morgan fingerprint density at radius 2 is 1.95 bits per heavy atom. The normalized spacial score (nSPS) is 13.1. The van der Waals surface area contributed by atoms with Gasteiger partial charge in [0, 0.05) is 12.3 Å². The van der Waals surface area contributed by atoms with Gasteiger partial charge in [-0.3, -0.25) is 4.79 Å². The van der Waals surface area contributed by atoms with E-state index in [1.807, 2.05) is 30.3 Å². The second kappa shape index (κ2) is 7.40. The van der Waals surface area contributed by atoms with Gasteiger partial charge in [0.25, 0.3) is 0 Å². The molecular formula is C12H15F3N2OS. The van der Waals surface area contributed by atoms with Crippen LogP contribution in [0.3, 0.4) is 0 Å². The summed E-state index contributed by atoms with van der Waals surface area (Å²) < 4.78 is 35.7. The van der Waals surface area contributed by atoms with Gasteiger partial charge in [0.05, 0.1) is 6.04 Å². The topological polar surface area (TPSA) is 55.1 Å². The number of halogens is 3. The molecule has 7 heteroatoms. The van der Waals surface area contributed by atoms with Crippen LogP contribution in [0.15, 0.2) is 30.3 Å². The second-order valence-corrected chi connectivity index (χ2v) is 5.05. The molecule has 0 heterocycles. The Morgan fingerprint density at radius 1 is 1.32 bits per heavy atom. The Kier molecular flexibility index (Phi) is 6.17. The summed E-state index contributed by atoms with van der Waals surface area (Å²) in [6, 6.07) is 8.28. The van der Waals surface area contributed by atoms with E-state index in [1.165, 1.54) is 0 Å². The molecule has 1 unspecified atom stereocenters. The van der Waals surface area contributed by atoms with Crippen molar-refractivity contribution in [3.05, 3.63) is 35.9 Å². The fraction of sp³-hybridized carbons (Fsp3) is 0.417. The molecule has 0 bridgehead atoms. The molecule has 1 atom stereocenters. The number of carbonyl (C=O) groups excluding carboxylic acids is 1. The number of alkyl halides is 3. The van der Waals surface area contributed by atoms with E-state index in [2.05, 4.69) is 5.32 Å². The van der Waals surface area contributed by atoms with Gasteiger partial charge >= 0.3 is 5.51 Å². The molecule has 0 saturated carbocycles. The molecule has 106 valence electrons. The lowest BCUT2D eigenvalue weighted by molar-refractivity contribution is -0.122. The summed E-state index contributed by atoms with van der Waals surface area (Å²) in [6.07, 6.45) is -0.00913. The highest BCUT2D eigenvalue weighted by atomic mass is 32.2. The summed E-state index contributed by atoms with van der Waals surface area (Å²) in [5.41, 5.74) is 2.15. The molecule has 1 amide bonds. The molecule has 1 aromatic rings. The lowest BCUT2D eigenvalue weighted by Crippen LogP contribution is -2.40. The molecular weight excluding hydrogens is 277 g/mol. The number of thioether (sulfide) groups is 1. The standard InChI is InChI=1S/C12H15F3N2OS/c13-12(14,15)19-7-6-10(16)11(18)17-8-9-4-2-1-3-5-9/h1-5,10H,6-8,16H2,(H,17,18). The maximum atomic E-state index is 11.9. The van der Waals surface area contributed by atoms with Crippen molar-refractivity contribution >= 4 is 17.7 Å². The highest BCUT2D eigenvalue weighted by molar-refractivity contribution is 8.00. The number of amides is 1. The molecule has 3 N–H and O–H groups in total. The summed E-state index contributed by atoms with van der Waals surface area (Å²) in [4.78, 5) is 11.5. The van der Waals surface area contributed by atoms with Crippen molar-refractivity contribution in [2.24, 2.45) is 5.73 Å². The van der Waals surface area contributed by atoms with Crippen LogP contribution in [0.4, 0.5) is 13.2 Å². The van der Waals surface area contributed by atoms with E-state index in [1.54, 1.807) is 0 Å². The Balaban J connectivity index is 2.25. The lowest BCUT2D eigenvalue weighted by atomic mass is 10.2. The molecule has 0 spiro atoms. The third kappa shape index (κ3) is 7.07. The Morgan fingerprint density at radius 3 is 2.53 bits per heavy atom. The van der Waals surface area contributed by atoms with E-state index in [0.717, 1.165) is 5.56 Å². The third-order valence-electron chi connectivity index (χ3n) is 2.34. The number of nitrogens with one attached hydrogen (secondary N) is 1. The zero-order chi connectivity index (χ0) is 14.3. The number of nitrogens with two attached hydrogens (primary N) is 1. The number of hydrogen-bond acceptors (Lipinski definition) is 3. The minimum atomic E-state index is -4.28. The first kappa shape index (κ1) is 15.8. The van der Waals surface area contributed by atoms with Gasteiger partial charge in [-0.1, -0.05) is 42.1 Å². The first-order valence-corrected chi connectivity index (χ1v) is 6.65. The van der Waals surface area contributed by atoms with E-state index >= 15 is 0 Å². The highest BCUT2D eigenvalue weighted by Crippen LogP contribution is 2.30. The van der Waals surface area contributed by atoms with Gasteiger partial charge in [-0.05, 0) is 12.0 Å². The van der Waals surface area contributed by atoms with Crippen molar-refractivity contribution in [2.45, 2.75) is 24.5 Å². The molecule has 19 heavy (non-hydrogen) atoms. The van der Waals surface area contributed by atoms with Crippen molar-refractivity contribution in [1.82, 2.24) is 5.32 Å². The van der Waals surface area contributed by atoms with Gasteiger partial charge in [0.2, 0.25) is 5.91 Å². The quantitative estimate of drug-likeness (QED) is 0.845. The van der Waals surface area contributed by atoms with Crippen LogP contribution < -0.4 is 11.1 Å². The molecule has 0 radical (unpaired) electrons. The van der Waals surface area contributed by atoms with Crippen LogP contribution in [0, 0.1) is 0 Å². The minimum Gasteiger partial charge on any atom is -0.351 e. The molecule has 1 rings (SSSR count). The van der Waals surface area contributed by atoms with Crippen molar-refractivity contribution in [1.29, 1.82) is 0 Å². The van der Waals surface area contributed by atoms with Crippen molar-refractivity contribution < 1.29 is 18.0 Å². The molecule has 0 aromatic heterocycles. The summed E-state index contributed by atoms with van der Waals surface area (Å²) in [7, 11) is 0. The largest absolute Gasteiger partial charge is 0.441 e. The zero-order valence-corrected chi connectivity index (χ0v) is 10.9. The van der Waals surface area contributed by atoms with Gasteiger partial charge in [0.1, 0.15) is 0 Å². The summed E-state index contributed by atoms with van der Waals surface area (Å²) in [6.45, 7) is 0.319. The monoisotopic (exact) mass is 292 g/mol. The van der Waals surface area contributed by atoms with Crippen molar-refractivity contribution in [3.8, 4) is 0 Å². The van der Waals surface area contributed by atoms with E-state index in [4.69, 9.17) is 5.73 Å². The van der Waals surface area contributed by atoms with Crippen molar-refractivity contribution in [3.63, 3.8) is 0 Å². The van der Waals surface area contributed by atoms with Gasteiger partial charge in [-0.25, -0.2) is 0 Å². The van der Waals surface area contributed by atoms with Gasteiger partial charge in [-0.2, -0.15) is 13.2 Å². The van der Waals surface area contributed by atoms with Crippen LogP contribution in [0.2, 0.25) is 0 Å². The first-order chi connectivity index (χ1) is 8.88. The lowest BCUT2D eigenvalue weighted by Gasteiger charge is -2.12. The third-order valence-corrected chi connectivity index (χ3v) is 3.11. The summed E-state index contributed by atoms with van der Waals surface area (Å²) in [5, 5.41) is 2.59. The number of rotatable bonds is 6. The first-order valence-electron chi connectivity index (χ1n) is 5.66. The molecule has 0 aliphatic heterocycles. The van der Waals surface area contributed by atoms with Gasteiger partial charge < -0.3 is 11.1 Å². The molecule has 1 aromatic carbocycles. The smallest absolute Gasteiger partial charge is 0.351 e. The number of benzene rings is 1. The Bertz CT molecular complexity index is 398. The fourth-order valence-corrected chi connectivity index (χ4v) is 1.95. The maximum Gasteiger partial charge on any atom is 0.441 e. The van der Waals surface area contributed by atoms with E-state index in [9.17, 15) is 18.0 Å². The van der Waals surface area contributed by atoms with Crippen molar-refractivity contribution in [2.75, 3.05) is 5.75 Å². The average molecular weight is 292 g/mol. The molecule has 0 saturated heterocycles. The average Bonchev–Trinajstić information content (AvgIpc) is 2.35. The van der Waals surface area contributed by atoms with Crippen LogP contribution >= 0.6 is 11.8 Å². The predicted octanol–water partition coefficient (Wildman–Crippen LogP) is 2.27. The van der Waals surface area contributed by atoms with Crippen LogP contribution in [0.25, 0.3) is 0 Å². The van der Waals surface area contributed by atoms with E-state index in [-0.39, 0.29) is 23.9 Å². The van der Waals surface area contributed by atoms with Crippen LogP contribution in [0.5, 0.6) is 0 Å². The van der Waals surface area contributed by atoms with E-state index < -0.39 is 17.5 Å². The molecule has 3 nitrogen and oxygen atoms in total. The Labute approximate surface area is 113 Å². The molecule has 0 fully saturated rings. The minimum absolute atomic E-state index is 0.00913. The highest BCUT2D eigenvalue weighted by Gasteiger charge is 2.28. The zero-order valence-electron chi connectivity index (χ0n) is 10.1. The molecule has 0 aliphatic rings. The fourth-order valence-electron chi connectivity index (χ4n) is 1.35. The molecule has 0 aliphatic carbocycles. The van der Waals surface area contributed by atoms with Crippen LogP contribution in [-0.4, -0.2) is 23.2 Å². The second-order valence-electron chi connectivity index (χ2n) is 3.89. The van der Waals surface area contributed by atoms with Crippen LogP contribution in [0.1, 0.15) is 12.0 Å². The number of hydrogen-bond donors (Lipinski definition) is 2. The Hall–Kier alpha value is -1.21. The van der Waals surface area contributed by atoms with E-state index in [0.29, 0.717) is 6.54 Å². The van der Waals surface area contributed by atoms with Gasteiger partial charge in [0.15, 0.2) is 0 Å². The summed E-state index contributed by atoms with van der Waals surface area (Å²) in [5.74, 6) is -0.657. The summed E-state index contributed by atoms with van der Waals surface area (Å²) >= 11 is -0.166. The predicted molar refractivity (Wildman–Crippen MR) is 69.4 cm³/mol. The number of carbonyl (C=O) groups is 1. The SMILES string of the molecule is NC(CCSC(F)(F)F)C(=O)NCc1ccccc1. The van der Waals surface area contributed by atoms with Gasteiger partial charge in [-0.15, -0.1) is 0 Å². The maximum absolute atomic E-state index is 11.9.